The second-order valence-corrected chi connectivity index (χ2v) is 3.60. The Labute approximate surface area is 94.6 Å². The molecule has 0 heterocycles. The van der Waals surface area contributed by atoms with Crippen molar-refractivity contribution in [2.45, 2.75) is 13.8 Å². The van der Waals surface area contributed by atoms with Gasteiger partial charge in [0.25, 0.3) is 0 Å². The fourth-order valence-corrected chi connectivity index (χ4v) is 1.21. The minimum atomic E-state index is -0.162. The van der Waals surface area contributed by atoms with E-state index in [-0.39, 0.29) is 11.6 Å². The Morgan fingerprint density at radius 3 is 1.25 bits per heavy atom. The quantitative estimate of drug-likeness (QED) is 0.622. The number of halogens is 2. The minimum Gasteiger partial charge on any atom is -0.207 e. The van der Waals surface area contributed by atoms with Crippen molar-refractivity contribution in [2.75, 3.05) is 0 Å². The summed E-state index contributed by atoms with van der Waals surface area (Å²) in [6.07, 6.45) is 0. The fourth-order valence-electron chi connectivity index (χ4n) is 1.21. The maximum Gasteiger partial charge on any atom is 0.123 e. The van der Waals surface area contributed by atoms with Crippen LogP contribution in [0.15, 0.2) is 48.5 Å². The van der Waals surface area contributed by atoms with Gasteiger partial charge < -0.3 is 0 Å². The Morgan fingerprint density at radius 1 is 0.688 bits per heavy atom. The van der Waals surface area contributed by atoms with Crippen molar-refractivity contribution in [3.8, 4) is 0 Å². The average molecular weight is 220 g/mol. The van der Waals surface area contributed by atoms with E-state index in [1.807, 2.05) is 26.0 Å². The Hall–Kier alpha value is -1.70. The fraction of sp³-hybridized carbons (Fsp3) is 0.143. The van der Waals surface area contributed by atoms with Crippen molar-refractivity contribution >= 4 is 0 Å². The monoisotopic (exact) mass is 220 g/mol. The molecule has 0 aliphatic rings. The van der Waals surface area contributed by atoms with Crippen molar-refractivity contribution in [1.82, 2.24) is 0 Å². The summed E-state index contributed by atoms with van der Waals surface area (Å²) >= 11 is 0. The van der Waals surface area contributed by atoms with Gasteiger partial charge in [-0.3, -0.25) is 0 Å². The van der Waals surface area contributed by atoms with Gasteiger partial charge in [-0.1, -0.05) is 24.3 Å². The second kappa shape index (κ2) is 6.01. The lowest BCUT2D eigenvalue weighted by molar-refractivity contribution is 0.626. The molecule has 16 heavy (non-hydrogen) atoms. The van der Waals surface area contributed by atoms with E-state index in [1.54, 1.807) is 12.1 Å². The molecule has 0 N–H and O–H groups in total. The van der Waals surface area contributed by atoms with E-state index in [9.17, 15) is 8.78 Å². The zero-order chi connectivity index (χ0) is 12.0. The molecular formula is C14H14F2. The predicted octanol–water partition coefficient (Wildman–Crippen LogP) is 4.27. The zero-order valence-electron chi connectivity index (χ0n) is 9.37. The summed E-state index contributed by atoms with van der Waals surface area (Å²) in [5.74, 6) is -0.324. The zero-order valence-corrected chi connectivity index (χ0v) is 9.37. The number of aryl methyl sites for hydroxylation is 2. The van der Waals surface area contributed by atoms with Crippen LogP contribution in [0.3, 0.4) is 0 Å². The van der Waals surface area contributed by atoms with Crippen molar-refractivity contribution in [2.24, 2.45) is 0 Å². The van der Waals surface area contributed by atoms with Gasteiger partial charge in [-0.05, 0) is 49.2 Å². The third-order valence-corrected chi connectivity index (χ3v) is 1.96. The van der Waals surface area contributed by atoms with Gasteiger partial charge in [-0.2, -0.15) is 0 Å². The van der Waals surface area contributed by atoms with Gasteiger partial charge in [-0.15, -0.1) is 0 Å². The largest absolute Gasteiger partial charge is 0.207 e. The molecule has 2 aromatic rings. The van der Waals surface area contributed by atoms with Crippen LogP contribution in [0.5, 0.6) is 0 Å². The predicted molar refractivity (Wildman–Crippen MR) is 62.3 cm³/mol. The highest BCUT2D eigenvalue weighted by Crippen LogP contribution is 2.00. The van der Waals surface area contributed by atoms with Crippen molar-refractivity contribution in [3.63, 3.8) is 0 Å². The highest BCUT2D eigenvalue weighted by atomic mass is 19.1. The first kappa shape index (κ1) is 12.4. The summed E-state index contributed by atoms with van der Waals surface area (Å²) in [6, 6.07) is 13.0. The van der Waals surface area contributed by atoms with Crippen LogP contribution in [-0.4, -0.2) is 0 Å². The molecule has 0 spiro atoms. The third kappa shape index (κ3) is 4.69. The van der Waals surface area contributed by atoms with Gasteiger partial charge in [-0.25, -0.2) is 8.78 Å². The molecule has 0 radical (unpaired) electrons. The smallest absolute Gasteiger partial charge is 0.123 e. The van der Waals surface area contributed by atoms with E-state index in [1.165, 1.54) is 24.3 Å². The normalized spacial score (nSPS) is 9.25. The summed E-state index contributed by atoms with van der Waals surface area (Å²) in [4.78, 5) is 0. The molecular weight excluding hydrogens is 206 g/mol. The van der Waals surface area contributed by atoms with Crippen LogP contribution in [0.2, 0.25) is 0 Å². The van der Waals surface area contributed by atoms with Crippen LogP contribution in [0, 0.1) is 25.5 Å². The van der Waals surface area contributed by atoms with Gasteiger partial charge in [0.15, 0.2) is 0 Å². The molecule has 0 unspecified atom stereocenters. The Morgan fingerprint density at radius 2 is 1.06 bits per heavy atom. The summed E-state index contributed by atoms with van der Waals surface area (Å²) in [5.41, 5.74) is 1.93. The van der Waals surface area contributed by atoms with E-state index in [0.717, 1.165) is 11.1 Å². The van der Waals surface area contributed by atoms with Crippen LogP contribution < -0.4 is 0 Å². The SMILES string of the molecule is Cc1cccc(F)c1.Cc1cccc(F)c1. The van der Waals surface area contributed by atoms with E-state index >= 15 is 0 Å². The maximum absolute atomic E-state index is 12.2. The van der Waals surface area contributed by atoms with Gasteiger partial charge in [0.2, 0.25) is 0 Å². The van der Waals surface area contributed by atoms with Crippen LogP contribution in [0.4, 0.5) is 8.78 Å². The average Bonchev–Trinajstić information content (AvgIpc) is 2.17. The molecule has 0 bridgehead atoms. The number of rotatable bonds is 0. The van der Waals surface area contributed by atoms with Crippen LogP contribution in [0.1, 0.15) is 11.1 Å². The molecule has 2 aromatic carbocycles. The maximum atomic E-state index is 12.2. The van der Waals surface area contributed by atoms with Gasteiger partial charge in [0.1, 0.15) is 11.6 Å². The third-order valence-electron chi connectivity index (χ3n) is 1.96. The van der Waals surface area contributed by atoms with Crippen LogP contribution >= 0.6 is 0 Å². The molecule has 84 valence electrons. The summed E-state index contributed by atoms with van der Waals surface area (Å²) in [6.45, 7) is 3.73. The van der Waals surface area contributed by atoms with Crippen molar-refractivity contribution in [3.05, 3.63) is 71.3 Å². The molecule has 0 fully saturated rings. The molecule has 0 saturated carbocycles. The molecule has 2 heteroatoms. The lowest BCUT2D eigenvalue weighted by atomic mass is 10.2. The Kier molecular flexibility index (Phi) is 4.65. The lowest BCUT2D eigenvalue weighted by Crippen LogP contribution is -1.72. The Bertz CT molecular complexity index is 372. The van der Waals surface area contributed by atoms with Crippen LogP contribution in [-0.2, 0) is 0 Å². The molecule has 0 amide bonds. The minimum absolute atomic E-state index is 0.162. The van der Waals surface area contributed by atoms with Gasteiger partial charge in [0, 0.05) is 0 Å². The first-order valence-electron chi connectivity index (χ1n) is 5.02. The molecule has 0 saturated heterocycles. The first-order valence-corrected chi connectivity index (χ1v) is 5.02. The molecule has 0 aliphatic carbocycles. The lowest BCUT2D eigenvalue weighted by Gasteiger charge is -1.87. The van der Waals surface area contributed by atoms with E-state index < -0.39 is 0 Å². The highest BCUT2D eigenvalue weighted by Gasteiger charge is 1.85. The van der Waals surface area contributed by atoms with Gasteiger partial charge in [0.05, 0.1) is 0 Å². The molecule has 0 aliphatic heterocycles. The molecule has 0 aromatic heterocycles. The second-order valence-electron chi connectivity index (χ2n) is 3.60. The van der Waals surface area contributed by atoms with Crippen molar-refractivity contribution in [1.29, 1.82) is 0 Å². The topological polar surface area (TPSA) is 0 Å². The van der Waals surface area contributed by atoms with E-state index in [0.29, 0.717) is 0 Å². The highest BCUT2D eigenvalue weighted by molar-refractivity contribution is 5.14. The summed E-state index contributed by atoms with van der Waals surface area (Å²) in [7, 11) is 0. The number of hydrogen-bond acceptors (Lipinski definition) is 0. The van der Waals surface area contributed by atoms with E-state index in [2.05, 4.69) is 0 Å². The standard InChI is InChI=1S/2C7H7F/c2*1-6-3-2-4-7(8)5-6/h2*2-5H,1H3. The van der Waals surface area contributed by atoms with E-state index in [4.69, 9.17) is 0 Å². The number of hydrogen-bond donors (Lipinski definition) is 0. The van der Waals surface area contributed by atoms with Crippen molar-refractivity contribution < 1.29 is 8.78 Å². The van der Waals surface area contributed by atoms with Gasteiger partial charge >= 0.3 is 0 Å². The summed E-state index contributed by atoms with van der Waals surface area (Å²) < 4.78 is 24.3. The Balaban J connectivity index is 0.000000160. The summed E-state index contributed by atoms with van der Waals surface area (Å²) in [5, 5.41) is 0. The molecule has 2 rings (SSSR count). The number of benzene rings is 2. The molecule has 0 atom stereocenters. The first-order chi connectivity index (χ1) is 7.58. The van der Waals surface area contributed by atoms with Crippen LogP contribution in [0.25, 0.3) is 0 Å². The molecule has 0 nitrogen and oxygen atoms in total.